The zero-order chi connectivity index (χ0) is 16.2. The highest BCUT2D eigenvalue weighted by Gasteiger charge is 2.19. The summed E-state index contributed by atoms with van der Waals surface area (Å²) in [5.74, 6) is 1.16. The average molecular weight is 327 g/mol. The molecule has 2 aromatic rings. The van der Waals surface area contributed by atoms with Crippen LogP contribution in [-0.4, -0.2) is 60.3 Å². The van der Waals surface area contributed by atoms with Gasteiger partial charge in [0.15, 0.2) is 0 Å². The van der Waals surface area contributed by atoms with Crippen LogP contribution in [0.1, 0.15) is 25.7 Å². The molecule has 2 saturated heterocycles. The van der Waals surface area contributed by atoms with Gasteiger partial charge in [-0.15, -0.1) is 0 Å². The number of aromatic nitrogens is 2. The monoisotopic (exact) mass is 327 g/mol. The minimum absolute atomic E-state index is 1.04. The van der Waals surface area contributed by atoms with Crippen molar-refractivity contribution in [1.82, 2.24) is 19.8 Å². The molecule has 0 saturated carbocycles. The van der Waals surface area contributed by atoms with Crippen molar-refractivity contribution in [1.29, 1.82) is 0 Å². The van der Waals surface area contributed by atoms with Gasteiger partial charge in [-0.2, -0.15) is 0 Å². The highest BCUT2D eigenvalue weighted by molar-refractivity contribution is 5.78. The molecule has 5 nitrogen and oxygen atoms in total. The van der Waals surface area contributed by atoms with Crippen LogP contribution in [0.25, 0.3) is 11.0 Å². The van der Waals surface area contributed by atoms with E-state index in [-0.39, 0.29) is 0 Å². The molecule has 4 rings (SSSR count). The van der Waals surface area contributed by atoms with Gasteiger partial charge in [-0.05, 0) is 51.0 Å². The van der Waals surface area contributed by atoms with E-state index in [2.05, 4.69) is 43.9 Å². The van der Waals surface area contributed by atoms with E-state index < -0.39 is 0 Å². The molecule has 1 aromatic carbocycles. The van der Waals surface area contributed by atoms with E-state index >= 15 is 0 Å². The zero-order valence-corrected chi connectivity index (χ0v) is 14.6. The van der Waals surface area contributed by atoms with Crippen LogP contribution in [0.5, 0.6) is 0 Å². The Morgan fingerprint density at radius 2 is 1.75 bits per heavy atom. The molecule has 0 unspecified atom stereocenters. The Labute approximate surface area is 144 Å². The van der Waals surface area contributed by atoms with Crippen LogP contribution in [0, 0.1) is 0 Å². The number of likely N-dealkylation sites (tertiary alicyclic amines) is 1. The van der Waals surface area contributed by atoms with Crippen LogP contribution in [0.4, 0.5) is 5.95 Å². The Kier molecular flexibility index (Phi) is 4.99. The van der Waals surface area contributed by atoms with E-state index in [0.717, 1.165) is 50.7 Å². The van der Waals surface area contributed by atoms with Gasteiger partial charge in [-0.25, -0.2) is 4.98 Å². The third kappa shape index (κ3) is 3.42. The number of hydrogen-bond acceptors (Lipinski definition) is 4. The zero-order valence-electron chi connectivity index (χ0n) is 14.6. The van der Waals surface area contributed by atoms with Gasteiger partial charge in [0.25, 0.3) is 0 Å². The van der Waals surface area contributed by atoms with E-state index in [9.17, 15) is 0 Å². The molecule has 1 N–H and O–H groups in total. The van der Waals surface area contributed by atoms with Crippen LogP contribution < -0.4 is 10.2 Å². The Balaban J connectivity index is 1.59. The second-order valence-electron chi connectivity index (χ2n) is 7.05. The first-order valence-corrected chi connectivity index (χ1v) is 9.55. The van der Waals surface area contributed by atoms with E-state index in [1.807, 2.05) is 0 Å². The van der Waals surface area contributed by atoms with Crippen LogP contribution in [0.2, 0.25) is 0 Å². The second-order valence-corrected chi connectivity index (χ2v) is 7.05. The second kappa shape index (κ2) is 7.53. The molecule has 0 atom stereocenters. The van der Waals surface area contributed by atoms with Crippen molar-refractivity contribution in [3.63, 3.8) is 0 Å². The van der Waals surface area contributed by atoms with Crippen molar-refractivity contribution in [2.75, 3.05) is 50.7 Å². The lowest BCUT2D eigenvalue weighted by Crippen LogP contribution is -2.34. The van der Waals surface area contributed by atoms with Gasteiger partial charge >= 0.3 is 0 Å². The predicted molar refractivity (Wildman–Crippen MR) is 99.7 cm³/mol. The standard InChI is InChI=1S/C19H29N5/c1-4-11-22(12-5-1)15-16-24-18-8-3-2-7-17(18)21-19(24)23-13-6-9-20-10-14-23/h2-3,7-8,20H,1,4-6,9-16H2. The van der Waals surface area contributed by atoms with Gasteiger partial charge in [-0.1, -0.05) is 18.6 Å². The number of piperidine rings is 1. The number of benzene rings is 1. The molecule has 0 radical (unpaired) electrons. The number of hydrogen-bond donors (Lipinski definition) is 1. The number of nitrogens with zero attached hydrogens (tertiary/aromatic N) is 4. The minimum Gasteiger partial charge on any atom is -0.341 e. The maximum atomic E-state index is 4.98. The van der Waals surface area contributed by atoms with Crippen molar-refractivity contribution in [2.24, 2.45) is 0 Å². The summed E-state index contributed by atoms with van der Waals surface area (Å²) in [6, 6.07) is 8.59. The van der Waals surface area contributed by atoms with E-state index in [1.165, 1.54) is 44.3 Å². The molecular weight excluding hydrogens is 298 g/mol. The third-order valence-electron chi connectivity index (χ3n) is 5.35. The van der Waals surface area contributed by atoms with Crippen molar-refractivity contribution in [3.05, 3.63) is 24.3 Å². The first-order chi connectivity index (χ1) is 11.9. The minimum atomic E-state index is 1.04. The third-order valence-corrected chi connectivity index (χ3v) is 5.35. The topological polar surface area (TPSA) is 36.3 Å². The molecule has 2 fully saturated rings. The molecule has 0 aliphatic carbocycles. The van der Waals surface area contributed by atoms with Crippen molar-refractivity contribution in [3.8, 4) is 0 Å². The molecule has 0 bridgehead atoms. The lowest BCUT2D eigenvalue weighted by atomic mass is 10.1. The smallest absolute Gasteiger partial charge is 0.206 e. The molecule has 24 heavy (non-hydrogen) atoms. The maximum absolute atomic E-state index is 4.98. The largest absolute Gasteiger partial charge is 0.341 e. The fourth-order valence-corrected chi connectivity index (χ4v) is 3.99. The van der Waals surface area contributed by atoms with Gasteiger partial charge in [0.05, 0.1) is 11.0 Å². The normalized spacial score (nSPS) is 20.4. The summed E-state index contributed by atoms with van der Waals surface area (Å²) in [5.41, 5.74) is 2.41. The fourth-order valence-electron chi connectivity index (χ4n) is 3.99. The van der Waals surface area contributed by atoms with Gasteiger partial charge < -0.3 is 19.7 Å². The Bertz CT molecular complexity index is 651. The average Bonchev–Trinajstić information content (AvgIpc) is 2.80. The lowest BCUT2D eigenvalue weighted by molar-refractivity contribution is 0.221. The fraction of sp³-hybridized carbons (Fsp3) is 0.632. The Morgan fingerprint density at radius 3 is 2.67 bits per heavy atom. The quantitative estimate of drug-likeness (QED) is 0.935. The van der Waals surface area contributed by atoms with Crippen LogP contribution >= 0.6 is 0 Å². The van der Waals surface area contributed by atoms with E-state index in [1.54, 1.807) is 0 Å². The van der Waals surface area contributed by atoms with Crippen molar-refractivity contribution >= 4 is 17.0 Å². The van der Waals surface area contributed by atoms with Crippen LogP contribution in [-0.2, 0) is 6.54 Å². The van der Waals surface area contributed by atoms with Crippen LogP contribution in [0.3, 0.4) is 0 Å². The first-order valence-electron chi connectivity index (χ1n) is 9.55. The molecular formula is C19H29N5. The summed E-state index contributed by atoms with van der Waals surface area (Å²) >= 11 is 0. The molecule has 2 aliphatic heterocycles. The summed E-state index contributed by atoms with van der Waals surface area (Å²) < 4.78 is 2.45. The highest BCUT2D eigenvalue weighted by atomic mass is 15.3. The molecule has 3 heterocycles. The molecule has 2 aliphatic rings. The highest BCUT2D eigenvalue weighted by Crippen LogP contribution is 2.23. The Morgan fingerprint density at radius 1 is 0.875 bits per heavy atom. The number of rotatable bonds is 4. The SMILES string of the molecule is c1ccc2c(c1)nc(N1CCCNCC1)n2CCN1CCCCC1. The maximum Gasteiger partial charge on any atom is 0.206 e. The molecule has 5 heteroatoms. The van der Waals surface area contributed by atoms with Gasteiger partial charge in [0, 0.05) is 32.7 Å². The molecule has 1 aromatic heterocycles. The van der Waals surface area contributed by atoms with Crippen molar-refractivity contribution in [2.45, 2.75) is 32.2 Å². The molecule has 0 amide bonds. The summed E-state index contributed by atoms with van der Waals surface area (Å²) in [7, 11) is 0. The number of imidazole rings is 1. The number of nitrogens with one attached hydrogen (secondary N) is 1. The Hall–Kier alpha value is -1.59. The first kappa shape index (κ1) is 15.9. The lowest BCUT2D eigenvalue weighted by Gasteiger charge is -2.28. The number of para-hydroxylation sites is 2. The summed E-state index contributed by atoms with van der Waals surface area (Å²) in [6.45, 7) is 9.01. The summed E-state index contributed by atoms with van der Waals surface area (Å²) in [6.07, 6.45) is 5.30. The van der Waals surface area contributed by atoms with E-state index in [0.29, 0.717) is 0 Å². The van der Waals surface area contributed by atoms with E-state index in [4.69, 9.17) is 4.98 Å². The van der Waals surface area contributed by atoms with Crippen LogP contribution in [0.15, 0.2) is 24.3 Å². The summed E-state index contributed by atoms with van der Waals surface area (Å²) in [4.78, 5) is 10.1. The van der Waals surface area contributed by atoms with Gasteiger partial charge in [0.1, 0.15) is 0 Å². The number of fused-ring (bicyclic) bond motifs is 1. The molecule has 0 spiro atoms. The number of anilines is 1. The summed E-state index contributed by atoms with van der Waals surface area (Å²) in [5, 5.41) is 3.50. The van der Waals surface area contributed by atoms with Gasteiger partial charge in [-0.3, -0.25) is 0 Å². The van der Waals surface area contributed by atoms with Gasteiger partial charge in [0.2, 0.25) is 5.95 Å². The van der Waals surface area contributed by atoms with Crippen molar-refractivity contribution < 1.29 is 0 Å². The molecule has 130 valence electrons. The predicted octanol–water partition coefficient (Wildman–Crippen LogP) is 2.32.